The van der Waals surface area contributed by atoms with Crippen LogP contribution in [0.1, 0.15) is 44.9 Å². The lowest BCUT2D eigenvalue weighted by Crippen LogP contribution is -2.40. The average molecular weight is 346 g/mol. The van der Waals surface area contributed by atoms with Crippen molar-refractivity contribution in [1.82, 2.24) is 15.3 Å². The van der Waals surface area contributed by atoms with Gasteiger partial charge in [-0.15, -0.1) is 0 Å². The van der Waals surface area contributed by atoms with Crippen LogP contribution >= 0.6 is 11.6 Å². The molecular weight excluding hydrogens is 322 g/mol. The van der Waals surface area contributed by atoms with Crippen LogP contribution in [0.5, 0.6) is 0 Å². The van der Waals surface area contributed by atoms with Gasteiger partial charge >= 0.3 is 0 Å². The van der Waals surface area contributed by atoms with E-state index in [0.717, 1.165) is 28.7 Å². The fourth-order valence-corrected chi connectivity index (χ4v) is 4.90. The van der Waals surface area contributed by atoms with E-state index in [0.29, 0.717) is 29.8 Å². The molecule has 0 aliphatic heterocycles. The normalized spacial score (nSPS) is 26.8. The summed E-state index contributed by atoms with van der Waals surface area (Å²) in [7, 11) is 0. The number of amides is 1. The quantitative estimate of drug-likeness (QED) is 0.857. The van der Waals surface area contributed by atoms with Gasteiger partial charge in [0.1, 0.15) is 5.82 Å². The predicted molar refractivity (Wildman–Crippen MR) is 96.0 cm³/mol. The van der Waals surface area contributed by atoms with Crippen LogP contribution in [0, 0.1) is 17.8 Å². The molecule has 1 aromatic heterocycles. The molecule has 0 unspecified atom stereocenters. The molecule has 5 heteroatoms. The van der Waals surface area contributed by atoms with Crippen molar-refractivity contribution in [2.45, 2.75) is 51.5 Å². The average Bonchev–Trinajstić information content (AvgIpc) is 3.27. The summed E-state index contributed by atoms with van der Waals surface area (Å²) < 4.78 is 0. The van der Waals surface area contributed by atoms with Gasteiger partial charge in [-0.2, -0.15) is 0 Å². The van der Waals surface area contributed by atoms with E-state index in [4.69, 9.17) is 11.6 Å². The maximum Gasteiger partial charge on any atom is 0.220 e. The van der Waals surface area contributed by atoms with Gasteiger partial charge in [0.15, 0.2) is 0 Å². The lowest BCUT2D eigenvalue weighted by molar-refractivity contribution is -0.122. The van der Waals surface area contributed by atoms with Gasteiger partial charge in [-0.05, 0) is 62.1 Å². The van der Waals surface area contributed by atoms with Crippen LogP contribution in [0.25, 0.3) is 11.0 Å². The summed E-state index contributed by atoms with van der Waals surface area (Å²) in [6.07, 6.45) is 6.54. The smallest absolute Gasteiger partial charge is 0.220 e. The Morgan fingerprint density at radius 3 is 3.04 bits per heavy atom. The standard InChI is InChI=1S/C19H24ClN3O/c1-11(15-9-12-2-3-13(15)8-12)21-19(24)7-6-18-22-16-5-4-14(20)10-17(16)23-18/h4-5,10-13,15H,2-3,6-9H2,1H3,(H,21,24)(H,22,23)/t11-,12-,13-,15-/m0/s1. The first-order valence-electron chi connectivity index (χ1n) is 9.02. The molecule has 0 radical (unpaired) electrons. The summed E-state index contributed by atoms with van der Waals surface area (Å²) in [6.45, 7) is 2.17. The van der Waals surface area contributed by atoms with E-state index in [1.165, 1.54) is 25.7 Å². The number of aromatic nitrogens is 2. The molecule has 2 saturated carbocycles. The molecule has 24 heavy (non-hydrogen) atoms. The third kappa shape index (κ3) is 3.16. The lowest BCUT2D eigenvalue weighted by Gasteiger charge is -2.28. The molecule has 2 fully saturated rings. The molecule has 0 spiro atoms. The highest BCUT2D eigenvalue weighted by Crippen LogP contribution is 2.49. The highest BCUT2D eigenvalue weighted by molar-refractivity contribution is 6.31. The van der Waals surface area contributed by atoms with Crippen molar-refractivity contribution in [1.29, 1.82) is 0 Å². The second-order valence-electron chi connectivity index (χ2n) is 7.54. The number of nitrogens with zero attached hydrogens (tertiary/aromatic N) is 1. The molecule has 2 aromatic rings. The monoisotopic (exact) mass is 345 g/mol. The van der Waals surface area contributed by atoms with E-state index in [-0.39, 0.29) is 5.91 Å². The fourth-order valence-electron chi connectivity index (χ4n) is 4.72. The number of carbonyl (C=O) groups excluding carboxylic acids is 1. The first-order chi connectivity index (χ1) is 11.6. The fraction of sp³-hybridized carbons (Fsp3) is 0.579. The summed E-state index contributed by atoms with van der Waals surface area (Å²) in [5.41, 5.74) is 1.82. The molecule has 2 aliphatic rings. The van der Waals surface area contributed by atoms with Crippen molar-refractivity contribution in [2.75, 3.05) is 0 Å². The van der Waals surface area contributed by atoms with Gasteiger partial charge in [-0.25, -0.2) is 4.98 Å². The molecule has 4 rings (SSSR count). The highest BCUT2D eigenvalue weighted by atomic mass is 35.5. The largest absolute Gasteiger partial charge is 0.353 e. The maximum absolute atomic E-state index is 12.3. The Labute approximate surface area is 147 Å². The molecule has 2 bridgehead atoms. The van der Waals surface area contributed by atoms with E-state index in [2.05, 4.69) is 22.2 Å². The van der Waals surface area contributed by atoms with Crippen molar-refractivity contribution in [2.24, 2.45) is 17.8 Å². The van der Waals surface area contributed by atoms with Crippen LogP contribution in [0.15, 0.2) is 18.2 Å². The zero-order valence-corrected chi connectivity index (χ0v) is 14.8. The molecular formula is C19H24ClN3O. The minimum Gasteiger partial charge on any atom is -0.353 e. The minimum atomic E-state index is 0.128. The number of carbonyl (C=O) groups is 1. The summed E-state index contributed by atoms with van der Waals surface area (Å²) >= 11 is 5.99. The zero-order valence-electron chi connectivity index (χ0n) is 14.0. The van der Waals surface area contributed by atoms with Gasteiger partial charge in [0.05, 0.1) is 11.0 Å². The highest BCUT2D eigenvalue weighted by Gasteiger charge is 2.42. The predicted octanol–water partition coefficient (Wildman–Crippen LogP) is 4.09. The molecule has 4 nitrogen and oxygen atoms in total. The molecule has 1 heterocycles. The SMILES string of the molecule is C[C@H](NC(=O)CCc1nc2ccc(Cl)cc2[nH]1)[C@@H]1C[C@H]2CC[C@H]1C2. The Bertz CT molecular complexity index is 756. The number of aromatic amines is 1. The summed E-state index contributed by atoms with van der Waals surface area (Å²) in [5, 5.41) is 3.91. The van der Waals surface area contributed by atoms with Gasteiger partial charge in [-0.1, -0.05) is 18.0 Å². The van der Waals surface area contributed by atoms with Crippen molar-refractivity contribution in [3.63, 3.8) is 0 Å². The number of H-pyrrole nitrogens is 1. The van der Waals surface area contributed by atoms with Gasteiger partial charge in [0.25, 0.3) is 0 Å². The van der Waals surface area contributed by atoms with Crippen molar-refractivity contribution in [3.05, 3.63) is 29.0 Å². The molecule has 4 atom stereocenters. The molecule has 2 N–H and O–H groups in total. The number of aryl methyl sites for hydroxylation is 1. The van der Waals surface area contributed by atoms with Crippen molar-refractivity contribution < 1.29 is 4.79 Å². The first-order valence-corrected chi connectivity index (χ1v) is 9.40. The van der Waals surface area contributed by atoms with Crippen LogP contribution in [0.2, 0.25) is 5.02 Å². The summed E-state index contributed by atoms with van der Waals surface area (Å²) in [6, 6.07) is 5.89. The number of hydrogen-bond donors (Lipinski definition) is 2. The number of rotatable bonds is 5. The minimum absolute atomic E-state index is 0.128. The van der Waals surface area contributed by atoms with Crippen LogP contribution < -0.4 is 5.32 Å². The Morgan fingerprint density at radius 1 is 1.42 bits per heavy atom. The maximum atomic E-state index is 12.3. The first kappa shape index (κ1) is 15.9. The van der Waals surface area contributed by atoms with E-state index >= 15 is 0 Å². The lowest BCUT2D eigenvalue weighted by atomic mass is 9.84. The third-order valence-corrected chi connectivity index (χ3v) is 6.14. The molecule has 1 amide bonds. The van der Waals surface area contributed by atoms with E-state index in [1.54, 1.807) is 0 Å². The summed E-state index contributed by atoms with van der Waals surface area (Å²) in [4.78, 5) is 20.1. The van der Waals surface area contributed by atoms with E-state index in [9.17, 15) is 4.79 Å². The van der Waals surface area contributed by atoms with Crippen LogP contribution in [-0.4, -0.2) is 21.9 Å². The number of imidazole rings is 1. The van der Waals surface area contributed by atoms with Gasteiger partial charge < -0.3 is 10.3 Å². The molecule has 1 aromatic carbocycles. The van der Waals surface area contributed by atoms with Crippen LogP contribution in [0.4, 0.5) is 0 Å². The van der Waals surface area contributed by atoms with E-state index < -0.39 is 0 Å². The number of benzene rings is 1. The van der Waals surface area contributed by atoms with Crippen LogP contribution in [0.3, 0.4) is 0 Å². The van der Waals surface area contributed by atoms with Crippen molar-refractivity contribution >= 4 is 28.5 Å². The zero-order chi connectivity index (χ0) is 16.7. The van der Waals surface area contributed by atoms with Crippen molar-refractivity contribution in [3.8, 4) is 0 Å². The second kappa shape index (κ2) is 6.40. The van der Waals surface area contributed by atoms with Crippen LogP contribution in [-0.2, 0) is 11.2 Å². The molecule has 128 valence electrons. The van der Waals surface area contributed by atoms with Gasteiger partial charge in [0, 0.05) is 23.9 Å². The Balaban J connectivity index is 1.31. The Hall–Kier alpha value is -1.55. The number of hydrogen-bond acceptors (Lipinski definition) is 2. The summed E-state index contributed by atoms with van der Waals surface area (Å²) in [5.74, 6) is 3.41. The Kier molecular flexibility index (Phi) is 4.25. The number of halogens is 1. The van der Waals surface area contributed by atoms with E-state index in [1.807, 2.05) is 18.2 Å². The number of nitrogens with one attached hydrogen (secondary N) is 2. The molecule has 0 saturated heterocycles. The van der Waals surface area contributed by atoms with Gasteiger partial charge in [0.2, 0.25) is 5.91 Å². The molecule has 2 aliphatic carbocycles. The number of fused-ring (bicyclic) bond motifs is 3. The third-order valence-electron chi connectivity index (χ3n) is 5.91. The second-order valence-corrected chi connectivity index (χ2v) is 7.98. The van der Waals surface area contributed by atoms with Gasteiger partial charge in [-0.3, -0.25) is 4.79 Å². The topological polar surface area (TPSA) is 57.8 Å². The Morgan fingerprint density at radius 2 is 2.29 bits per heavy atom.